The van der Waals surface area contributed by atoms with E-state index < -0.39 is 0 Å². The molecule has 0 aliphatic rings. The Labute approximate surface area is 64.5 Å². The quantitative estimate of drug-likeness (QED) is 0.438. The molecule has 1 heterocycles. The molecule has 5 heteroatoms. The highest BCUT2D eigenvalue weighted by Crippen LogP contribution is 1.97. The van der Waals surface area contributed by atoms with Gasteiger partial charge in [0.05, 0.1) is 13.2 Å². The van der Waals surface area contributed by atoms with Crippen molar-refractivity contribution < 1.29 is 5.11 Å². The highest BCUT2D eigenvalue weighted by molar-refractivity contribution is 5.24. The SMILES string of the molecule is NN(CCO)c1ncccn1. The number of nitrogens with zero attached hydrogens (tertiary/aromatic N) is 3. The molecule has 1 rings (SSSR count). The Bertz CT molecular complexity index is 203. The molecule has 11 heavy (non-hydrogen) atoms. The molecular formula is C6H10N4O. The van der Waals surface area contributed by atoms with Gasteiger partial charge >= 0.3 is 0 Å². The predicted molar refractivity (Wildman–Crippen MR) is 40.7 cm³/mol. The third kappa shape index (κ3) is 2.14. The van der Waals surface area contributed by atoms with Crippen LogP contribution in [0.3, 0.4) is 0 Å². The number of hydrogen-bond donors (Lipinski definition) is 2. The van der Waals surface area contributed by atoms with Crippen molar-refractivity contribution in [1.82, 2.24) is 9.97 Å². The molecule has 3 N–H and O–H groups in total. The summed E-state index contributed by atoms with van der Waals surface area (Å²) in [4.78, 5) is 7.75. The second-order valence-electron chi connectivity index (χ2n) is 1.97. The maximum Gasteiger partial charge on any atom is 0.239 e. The monoisotopic (exact) mass is 154 g/mol. The zero-order valence-corrected chi connectivity index (χ0v) is 6.01. The van der Waals surface area contributed by atoms with Crippen LogP contribution in [-0.2, 0) is 0 Å². The number of aliphatic hydroxyl groups excluding tert-OH is 1. The summed E-state index contributed by atoms with van der Waals surface area (Å²) in [5, 5.41) is 9.81. The molecule has 0 spiro atoms. The van der Waals surface area contributed by atoms with Gasteiger partial charge in [0.1, 0.15) is 0 Å². The highest BCUT2D eigenvalue weighted by atomic mass is 16.3. The number of hydrazine groups is 1. The van der Waals surface area contributed by atoms with Crippen LogP contribution in [0, 0.1) is 0 Å². The molecule has 0 aliphatic heterocycles. The predicted octanol–water partition coefficient (Wildman–Crippen LogP) is -0.851. The minimum Gasteiger partial charge on any atom is -0.394 e. The topological polar surface area (TPSA) is 75.3 Å². The second-order valence-corrected chi connectivity index (χ2v) is 1.97. The van der Waals surface area contributed by atoms with E-state index in [1.807, 2.05) is 0 Å². The Balaban J connectivity index is 2.61. The molecule has 0 aliphatic carbocycles. The van der Waals surface area contributed by atoms with E-state index in [1.165, 1.54) is 5.01 Å². The van der Waals surface area contributed by atoms with Crippen LogP contribution < -0.4 is 10.9 Å². The molecule has 0 aromatic carbocycles. The van der Waals surface area contributed by atoms with Crippen molar-refractivity contribution in [2.75, 3.05) is 18.2 Å². The summed E-state index contributed by atoms with van der Waals surface area (Å²) in [7, 11) is 0. The third-order valence-electron chi connectivity index (χ3n) is 1.15. The molecule has 0 atom stereocenters. The Kier molecular flexibility index (Phi) is 2.76. The molecule has 0 fully saturated rings. The van der Waals surface area contributed by atoms with Crippen LogP contribution in [-0.4, -0.2) is 28.2 Å². The maximum atomic E-state index is 8.52. The van der Waals surface area contributed by atoms with Crippen LogP contribution in [0.4, 0.5) is 5.95 Å². The number of hydrogen-bond acceptors (Lipinski definition) is 5. The van der Waals surface area contributed by atoms with E-state index >= 15 is 0 Å². The molecule has 0 amide bonds. The second kappa shape index (κ2) is 3.85. The molecule has 0 saturated heterocycles. The Morgan fingerprint density at radius 3 is 2.64 bits per heavy atom. The minimum absolute atomic E-state index is 0.00520. The molecule has 0 unspecified atom stereocenters. The van der Waals surface area contributed by atoms with Crippen LogP contribution in [0.5, 0.6) is 0 Å². The lowest BCUT2D eigenvalue weighted by Crippen LogP contribution is -2.34. The summed E-state index contributed by atoms with van der Waals surface area (Å²) < 4.78 is 0. The summed E-state index contributed by atoms with van der Waals surface area (Å²) in [6, 6.07) is 1.70. The van der Waals surface area contributed by atoms with Crippen LogP contribution in [0.15, 0.2) is 18.5 Å². The lowest BCUT2D eigenvalue weighted by atomic mass is 10.6. The fourth-order valence-corrected chi connectivity index (χ4v) is 0.647. The molecule has 1 aromatic rings. The first-order valence-electron chi connectivity index (χ1n) is 3.24. The number of anilines is 1. The summed E-state index contributed by atoms with van der Waals surface area (Å²) in [6.07, 6.45) is 3.19. The molecule has 1 aromatic heterocycles. The van der Waals surface area contributed by atoms with Gasteiger partial charge in [-0.15, -0.1) is 0 Å². The summed E-state index contributed by atoms with van der Waals surface area (Å²) in [5.41, 5.74) is 0. The van der Waals surface area contributed by atoms with Gasteiger partial charge < -0.3 is 5.11 Å². The first-order chi connectivity index (χ1) is 5.34. The zero-order valence-electron chi connectivity index (χ0n) is 6.01. The van der Waals surface area contributed by atoms with Gasteiger partial charge in [-0.2, -0.15) is 0 Å². The first kappa shape index (κ1) is 7.90. The van der Waals surface area contributed by atoms with E-state index in [2.05, 4.69) is 9.97 Å². The van der Waals surface area contributed by atoms with Gasteiger partial charge in [0, 0.05) is 12.4 Å². The molecule has 0 saturated carbocycles. The van der Waals surface area contributed by atoms with Crippen molar-refractivity contribution in [2.45, 2.75) is 0 Å². The van der Waals surface area contributed by atoms with E-state index in [0.717, 1.165) is 0 Å². The molecular weight excluding hydrogens is 144 g/mol. The largest absolute Gasteiger partial charge is 0.394 e. The van der Waals surface area contributed by atoms with Crippen molar-refractivity contribution in [3.8, 4) is 0 Å². The van der Waals surface area contributed by atoms with Gasteiger partial charge in [0.15, 0.2) is 0 Å². The van der Waals surface area contributed by atoms with Crippen molar-refractivity contribution in [2.24, 2.45) is 5.84 Å². The fourth-order valence-electron chi connectivity index (χ4n) is 0.647. The van der Waals surface area contributed by atoms with Gasteiger partial charge in [-0.05, 0) is 6.07 Å². The summed E-state index contributed by atoms with van der Waals surface area (Å²) >= 11 is 0. The Hall–Kier alpha value is -1.20. The van der Waals surface area contributed by atoms with Crippen molar-refractivity contribution in [3.05, 3.63) is 18.5 Å². The van der Waals surface area contributed by atoms with Crippen LogP contribution in [0.25, 0.3) is 0 Å². The van der Waals surface area contributed by atoms with Gasteiger partial charge in [-0.1, -0.05) is 0 Å². The third-order valence-corrected chi connectivity index (χ3v) is 1.15. The Morgan fingerprint density at radius 2 is 2.09 bits per heavy atom. The van der Waals surface area contributed by atoms with Crippen molar-refractivity contribution in [1.29, 1.82) is 0 Å². The van der Waals surface area contributed by atoms with E-state index in [1.54, 1.807) is 18.5 Å². The van der Waals surface area contributed by atoms with Crippen molar-refractivity contribution >= 4 is 5.95 Å². The first-order valence-corrected chi connectivity index (χ1v) is 3.24. The average Bonchev–Trinajstić information content (AvgIpc) is 2.07. The van der Waals surface area contributed by atoms with Crippen LogP contribution in [0.1, 0.15) is 0 Å². The fraction of sp³-hybridized carbons (Fsp3) is 0.333. The lowest BCUT2D eigenvalue weighted by molar-refractivity contribution is 0.301. The average molecular weight is 154 g/mol. The van der Waals surface area contributed by atoms with E-state index in [4.69, 9.17) is 10.9 Å². The maximum absolute atomic E-state index is 8.52. The van der Waals surface area contributed by atoms with Crippen LogP contribution in [0.2, 0.25) is 0 Å². The molecule has 0 radical (unpaired) electrons. The minimum atomic E-state index is -0.00520. The molecule has 5 nitrogen and oxygen atoms in total. The van der Waals surface area contributed by atoms with Crippen LogP contribution >= 0.6 is 0 Å². The van der Waals surface area contributed by atoms with E-state index in [-0.39, 0.29) is 6.61 Å². The standard InChI is InChI=1S/C6H10N4O/c7-10(4-5-11)6-8-2-1-3-9-6/h1-3,11H,4-5,7H2. The molecule has 60 valence electrons. The normalized spacial score (nSPS) is 9.64. The Morgan fingerprint density at radius 1 is 1.45 bits per heavy atom. The smallest absolute Gasteiger partial charge is 0.239 e. The van der Waals surface area contributed by atoms with Gasteiger partial charge in [-0.25, -0.2) is 15.8 Å². The summed E-state index contributed by atoms with van der Waals surface area (Å²) in [6.45, 7) is 0.332. The van der Waals surface area contributed by atoms with Gasteiger partial charge in [0.25, 0.3) is 0 Å². The van der Waals surface area contributed by atoms with Gasteiger partial charge in [-0.3, -0.25) is 5.01 Å². The lowest BCUT2D eigenvalue weighted by Gasteiger charge is -2.13. The number of nitrogens with two attached hydrogens (primary N) is 1. The van der Waals surface area contributed by atoms with Gasteiger partial charge in [0.2, 0.25) is 5.95 Å². The van der Waals surface area contributed by atoms with Crippen molar-refractivity contribution in [3.63, 3.8) is 0 Å². The highest BCUT2D eigenvalue weighted by Gasteiger charge is 2.00. The van der Waals surface area contributed by atoms with E-state index in [0.29, 0.717) is 12.5 Å². The zero-order chi connectivity index (χ0) is 8.10. The summed E-state index contributed by atoms with van der Waals surface area (Å²) in [5.74, 6) is 5.87. The number of rotatable bonds is 3. The molecule has 0 bridgehead atoms. The number of aliphatic hydroxyl groups is 1. The van der Waals surface area contributed by atoms with E-state index in [9.17, 15) is 0 Å². The number of aromatic nitrogens is 2.